The molecule has 0 heterocycles. The van der Waals surface area contributed by atoms with E-state index in [0.717, 1.165) is 0 Å². The highest BCUT2D eigenvalue weighted by Gasteiger charge is 2.34. The Labute approximate surface area is 402 Å². The largest absolute Gasteiger partial charge is 0.508 e. The molecule has 0 radical (unpaired) electrons. The normalized spacial score (nSPS) is 14.2. The van der Waals surface area contributed by atoms with Gasteiger partial charge in [-0.2, -0.15) is 0 Å². The molecule has 0 unspecified atom stereocenters. The number of hydrogen-bond donors (Lipinski definition) is 15. The molecule has 2 aromatic carbocycles. The summed E-state index contributed by atoms with van der Waals surface area (Å²) in [5.41, 5.74) is 23.6. The molecule has 384 valence electrons. The third-order valence-electron chi connectivity index (χ3n) is 10.9. The van der Waals surface area contributed by atoms with E-state index in [0.29, 0.717) is 43.4 Å². The van der Waals surface area contributed by atoms with Crippen LogP contribution in [0.5, 0.6) is 5.75 Å². The van der Waals surface area contributed by atoms with Crippen LogP contribution < -0.4 is 65.5 Å². The molecule has 69 heavy (non-hydrogen) atoms. The lowest BCUT2D eigenvalue weighted by Gasteiger charge is -2.28. The fraction of sp³-hybridized carbons (Fsp3) is 0.565. The third kappa shape index (κ3) is 22.6. The van der Waals surface area contributed by atoms with Crippen molar-refractivity contribution in [2.24, 2.45) is 28.9 Å². The number of aliphatic carboxylic acids is 1. The molecule has 2 aromatic rings. The van der Waals surface area contributed by atoms with Gasteiger partial charge in [0.1, 0.15) is 54.3 Å². The van der Waals surface area contributed by atoms with Gasteiger partial charge in [-0.1, -0.05) is 56.3 Å². The zero-order chi connectivity index (χ0) is 51.5. The third-order valence-corrected chi connectivity index (χ3v) is 10.9. The number of carboxylic acids is 1. The predicted octanol–water partition coefficient (Wildman–Crippen LogP) is -2.85. The van der Waals surface area contributed by atoms with Crippen LogP contribution in [0.2, 0.25) is 0 Å². The number of carboxylic acid groups (broad SMARTS) is 1. The van der Waals surface area contributed by atoms with Crippen molar-refractivity contribution < 1.29 is 53.7 Å². The maximum Gasteiger partial charge on any atom is 0.326 e. The summed E-state index contributed by atoms with van der Waals surface area (Å²) < 4.78 is 0. The van der Waals surface area contributed by atoms with E-state index in [1.165, 1.54) is 31.2 Å². The molecule has 0 aliphatic carbocycles. The first kappa shape index (κ1) is 58.9. The summed E-state index contributed by atoms with van der Waals surface area (Å²) in [5, 5.41) is 51.1. The molecule has 0 spiro atoms. The van der Waals surface area contributed by atoms with Gasteiger partial charge in [0.2, 0.25) is 41.4 Å². The Morgan fingerprint density at radius 1 is 0.536 bits per heavy atom. The average molecular weight is 971 g/mol. The molecule has 0 aromatic heterocycles. The molecule has 0 bridgehead atoms. The summed E-state index contributed by atoms with van der Waals surface area (Å²) in [5.74, 6) is -7.22. The number of unbranched alkanes of at least 4 members (excludes halogenated alkanes) is 2. The number of rotatable bonds is 33. The molecule has 2 rings (SSSR count). The van der Waals surface area contributed by atoms with Gasteiger partial charge in [-0.05, 0) is 100 Å². The van der Waals surface area contributed by atoms with E-state index in [-0.39, 0.29) is 63.3 Å². The first-order chi connectivity index (χ1) is 32.8. The quantitative estimate of drug-likeness (QED) is 0.0253. The first-order valence-electron chi connectivity index (χ1n) is 23.2. The minimum Gasteiger partial charge on any atom is -0.508 e. The van der Waals surface area contributed by atoms with Crippen molar-refractivity contribution in [1.82, 2.24) is 42.5 Å². The monoisotopic (exact) mass is 971 g/mol. The van der Waals surface area contributed by atoms with Gasteiger partial charge in [-0.15, -0.1) is 0 Å². The lowest BCUT2D eigenvalue weighted by atomic mass is 10.0. The van der Waals surface area contributed by atoms with E-state index in [1.807, 2.05) is 0 Å². The van der Waals surface area contributed by atoms with E-state index in [2.05, 4.69) is 42.5 Å². The zero-order valence-corrected chi connectivity index (χ0v) is 39.7. The van der Waals surface area contributed by atoms with Crippen LogP contribution in [-0.4, -0.2) is 137 Å². The number of carbonyl (C=O) groups excluding carboxylic acids is 7. The van der Waals surface area contributed by atoms with Gasteiger partial charge in [-0.25, -0.2) is 4.79 Å². The molecular weight excluding hydrogens is 897 g/mol. The van der Waals surface area contributed by atoms with Crippen molar-refractivity contribution in [3.63, 3.8) is 0 Å². The van der Waals surface area contributed by atoms with Gasteiger partial charge in [0, 0.05) is 19.8 Å². The minimum absolute atomic E-state index is 0.0110. The van der Waals surface area contributed by atoms with Crippen LogP contribution in [0, 0.1) is 5.92 Å². The van der Waals surface area contributed by atoms with Crippen LogP contribution in [0.25, 0.3) is 0 Å². The van der Waals surface area contributed by atoms with E-state index in [9.17, 15) is 53.7 Å². The van der Waals surface area contributed by atoms with Gasteiger partial charge >= 0.3 is 5.97 Å². The van der Waals surface area contributed by atoms with Crippen molar-refractivity contribution in [2.45, 2.75) is 134 Å². The number of aliphatic hydroxyl groups is 1. The van der Waals surface area contributed by atoms with Crippen LogP contribution in [-0.2, 0) is 51.2 Å². The molecular formula is C46H74N12O11. The Morgan fingerprint density at radius 2 is 0.957 bits per heavy atom. The lowest BCUT2D eigenvalue weighted by molar-refractivity contribution is -0.142. The van der Waals surface area contributed by atoms with E-state index >= 15 is 0 Å². The number of nitrogens with two attached hydrogens (primary N) is 4. The standard InChI is InChI=1S/C46H74N12O11/c1-27(2)38(52-28(3)60)44(67)54-33(16-11-23-51-46(49)50)40(63)58-37(26-59)43(66)53-32(14-7-9-21-47)39(62)56-36(25-30-17-19-31(61)20-18-30)42(65)57-35(24-29-12-5-4-6-13-29)41(64)55-34(45(68)69)15-8-10-22-48/h4-6,12-13,17-20,27,32-38,46,51,59,61H,7-11,14-16,21-26,47-50H2,1-3H3,(H,52,60)(H,53,66)(H,54,67)(H,55,64)(H,56,62)(H,57,65)(H,58,63)(H,68,69)/t32-,33-,34-,35-,36-,37-,38-/m0/s1. The fourth-order valence-electron chi connectivity index (χ4n) is 7.06. The second-order valence-electron chi connectivity index (χ2n) is 17.1. The van der Waals surface area contributed by atoms with E-state index in [4.69, 9.17) is 22.9 Å². The molecule has 23 heteroatoms. The van der Waals surface area contributed by atoms with Crippen molar-refractivity contribution in [2.75, 3.05) is 26.2 Å². The smallest absolute Gasteiger partial charge is 0.326 e. The van der Waals surface area contributed by atoms with E-state index in [1.54, 1.807) is 44.2 Å². The Morgan fingerprint density at radius 3 is 1.42 bits per heavy atom. The molecule has 7 amide bonds. The maximum atomic E-state index is 14.3. The maximum absolute atomic E-state index is 14.3. The number of aromatic hydroxyl groups is 1. The second-order valence-corrected chi connectivity index (χ2v) is 17.1. The fourth-order valence-corrected chi connectivity index (χ4v) is 7.06. The Kier molecular flexibility index (Phi) is 27.1. The van der Waals surface area contributed by atoms with Gasteiger partial charge in [-0.3, -0.25) is 38.9 Å². The summed E-state index contributed by atoms with van der Waals surface area (Å²) >= 11 is 0. The molecule has 0 saturated heterocycles. The molecule has 19 N–H and O–H groups in total. The summed E-state index contributed by atoms with van der Waals surface area (Å²) in [4.78, 5) is 107. The Bertz CT molecular complexity index is 1940. The number of carbonyl (C=O) groups is 8. The molecule has 0 fully saturated rings. The van der Waals surface area contributed by atoms with Crippen LogP contribution in [0.15, 0.2) is 54.6 Å². The number of aliphatic hydroxyl groups excluding tert-OH is 1. The number of amides is 7. The first-order valence-corrected chi connectivity index (χ1v) is 23.2. The molecule has 0 aliphatic heterocycles. The van der Waals surface area contributed by atoms with Gasteiger partial charge in [0.05, 0.1) is 6.61 Å². The van der Waals surface area contributed by atoms with Crippen molar-refractivity contribution in [3.05, 3.63) is 65.7 Å². The summed E-state index contributed by atoms with van der Waals surface area (Å²) in [7, 11) is 0. The van der Waals surface area contributed by atoms with Crippen LogP contribution in [0.4, 0.5) is 0 Å². The van der Waals surface area contributed by atoms with Gasteiger partial charge in [0.25, 0.3) is 0 Å². The average Bonchev–Trinajstić information content (AvgIpc) is 3.30. The minimum atomic E-state index is -1.65. The van der Waals surface area contributed by atoms with Crippen molar-refractivity contribution in [3.8, 4) is 5.75 Å². The SMILES string of the molecule is CC(=O)N[C@H](C(=O)N[C@@H](CCCNC(N)N)C(=O)N[C@@H](CO)C(=O)N[C@@H](CCCCN)C(=O)N[C@@H](Cc1ccc(O)cc1)C(=O)N[C@@H](Cc1ccccc1)C(=O)N[C@@H](CCCCN)C(=O)O)C(C)C. The number of nitrogens with one attached hydrogen (secondary N) is 8. The Balaban J connectivity index is 2.45. The molecule has 0 saturated carbocycles. The van der Waals surface area contributed by atoms with Crippen molar-refractivity contribution >= 4 is 47.3 Å². The van der Waals surface area contributed by atoms with E-state index < -0.39 is 103 Å². The highest BCUT2D eigenvalue weighted by atomic mass is 16.4. The number of hydrogen-bond acceptors (Lipinski definition) is 15. The summed E-state index contributed by atoms with van der Waals surface area (Å²) in [6.45, 7) is 4.51. The highest BCUT2D eigenvalue weighted by Crippen LogP contribution is 2.14. The number of benzene rings is 2. The predicted molar refractivity (Wildman–Crippen MR) is 256 cm³/mol. The summed E-state index contributed by atoms with van der Waals surface area (Å²) in [6.07, 6.45) is 0.949. The van der Waals surface area contributed by atoms with Crippen LogP contribution in [0.1, 0.15) is 83.3 Å². The summed E-state index contributed by atoms with van der Waals surface area (Å²) in [6, 6.07) is 5.12. The lowest BCUT2D eigenvalue weighted by Crippen LogP contribution is -2.61. The second kappa shape index (κ2) is 31.7. The van der Waals surface area contributed by atoms with Gasteiger partial charge < -0.3 is 75.5 Å². The van der Waals surface area contributed by atoms with Crippen LogP contribution in [0.3, 0.4) is 0 Å². The van der Waals surface area contributed by atoms with Crippen molar-refractivity contribution in [1.29, 1.82) is 0 Å². The number of phenolic OH excluding ortho intramolecular Hbond substituents is 1. The Hall–Kier alpha value is -6.24. The highest BCUT2D eigenvalue weighted by molar-refractivity contribution is 5.97. The van der Waals surface area contributed by atoms with Crippen LogP contribution >= 0.6 is 0 Å². The van der Waals surface area contributed by atoms with Gasteiger partial charge in [0.15, 0.2) is 0 Å². The molecule has 7 atom stereocenters. The molecule has 23 nitrogen and oxygen atoms in total. The number of phenols is 1. The molecule has 0 aliphatic rings. The zero-order valence-electron chi connectivity index (χ0n) is 39.7. The topological polar surface area (TPSA) is 398 Å².